The molecule has 0 aliphatic heterocycles. The largest absolute Gasteiger partial charge is 0.497 e. The molecule has 0 spiro atoms. The van der Waals surface area contributed by atoms with Crippen molar-refractivity contribution in [3.8, 4) is 5.75 Å². The van der Waals surface area contributed by atoms with Gasteiger partial charge in [-0.25, -0.2) is 4.98 Å². The molecule has 9 heteroatoms. The second-order valence-electron chi connectivity index (χ2n) is 5.41. The van der Waals surface area contributed by atoms with Crippen molar-refractivity contribution in [2.24, 2.45) is 0 Å². The molecule has 0 fully saturated rings. The van der Waals surface area contributed by atoms with Gasteiger partial charge >= 0.3 is 0 Å². The van der Waals surface area contributed by atoms with Gasteiger partial charge in [-0.1, -0.05) is 0 Å². The molecule has 3 N–H and O–H groups in total. The summed E-state index contributed by atoms with van der Waals surface area (Å²) in [4.78, 5) is 13.1. The van der Waals surface area contributed by atoms with Crippen LogP contribution in [0.2, 0.25) is 0 Å². The lowest BCUT2D eigenvalue weighted by Crippen LogP contribution is -2.04. The predicted octanol–water partition coefficient (Wildman–Crippen LogP) is 3.22. The Kier molecular flexibility index (Phi) is 4.94. The van der Waals surface area contributed by atoms with Gasteiger partial charge in [0.05, 0.1) is 26.2 Å². The third kappa shape index (κ3) is 3.40. The fraction of sp³-hybridized carbons (Fsp3) is 0.118. The Morgan fingerprint density at radius 1 is 1.19 bits per heavy atom. The van der Waals surface area contributed by atoms with Crippen LogP contribution in [0.25, 0.3) is 11.2 Å². The van der Waals surface area contributed by atoms with Crippen LogP contribution in [0.3, 0.4) is 0 Å². The van der Waals surface area contributed by atoms with Crippen molar-refractivity contribution >= 4 is 41.0 Å². The highest BCUT2D eigenvalue weighted by Crippen LogP contribution is 2.23. The molecule has 0 unspecified atom stereocenters. The van der Waals surface area contributed by atoms with E-state index in [0.29, 0.717) is 29.5 Å². The average Bonchev–Trinajstić information content (AvgIpc) is 3.26. The molecular weight excluding hydrogens is 356 g/mol. The SMILES string of the molecule is COc1ccc(Nc2nc(N)c3c(ncn3Cc3ccco3)n2)cc1.Cl. The smallest absolute Gasteiger partial charge is 0.231 e. The minimum absolute atomic E-state index is 0. The summed E-state index contributed by atoms with van der Waals surface area (Å²) in [6.45, 7) is 0.516. The van der Waals surface area contributed by atoms with E-state index in [1.807, 2.05) is 41.0 Å². The van der Waals surface area contributed by atoms with Crippen molar-refractivity contribution in [2.75, 3.05) is 18.2 Å². The third-order valence-electron chi connectivity index (χ3n) is 3.75. The molecule has 134 valence electrons. The number of nitrogens with one attached hydrogen (secondary N) is 1. The number of aromatic nitrogens is 4. The number of furan rings is 1. The number of imidazole rings is 1. The van der Waals surface area contributed by atoms with E-state index in [4.69, 9.17) is 14.9 Å². The Bertz CT molecular complexity index is 998. The molecule has 0 aliphatic carbocycles. The average molecular weight is 373 g/mol. The molecule has 26 heavy (non-hydrogen) atoms. The van der Waals surface area contributed by atoms with Crippen molar-refractivity contribution in [3.63, 3.8) is 0 Å². The molecule has 1 aromatic carbocycles. The second kappa shape index (κ2) is 7.32. The lowest BCUT2D eigenvalue weighted by molar-refractivity contribution is 0.415. The number of fused-ring (bicyclic) bond motifs is 1. The van der Waals surface area contributed by atoms with Crippen LogP contribution in [0.5, 0.6) is 5.75 Å². The first-order chi connectivity index (χ1) is 12.2. The first kappa shape index (κ1) is 17.6. The highest BCUT2D eigenvalue weighted by atomic mass is 35.5. The van der Waals surface area contributed by atoms with E-state index in [1.165, 1.54) is 0 Å². The van der Waals surface area contributed by atoms with Crippen LogP contribution < -0.4 is 15.8 Å². The summed E-state index contributed by atoms with van der Waals surface area (Å²) < 4.78 is 12.4. The van der Waals surface area contributed by atoms with Gasteiger partial charge in [-0.15, -0.1) is 12.4 Å². The quantitative estimate of drug-likeness (QED) is 0.554. The van der Waals surface area contributed by atoms with Gasteiger partial charge in [0.15, 0.2) is 11.5 Å². The zero-order valence-corrected chi connectivity index (χ0v) is 14.7. The van der Waals surface area contributed by atoms with E-state index < -0.39 is 0 Å². The normalized spacial score (nSPS) is 10.5. The maximum Gasteiger partial charge on any atom is 0.231 e. The summed E-state index contributed by atoms with van der Waals surface area (Å²) in [5, 5.41) is 3.12. The Morgan fingerprint density at radius 2 is 2.00 bits per heavy atom. The van der Waals surface area contributed by atoms with Gasteiger partial charge in [0.1, 0.15) is 17.0 Å². The minimum Gasteiger partial charge on any atom is -0.497 e. The highest BCUT2D eigenvalue weighted by Gasteiger charge is 2.13. The first-order valence-corrected chi connectivity index (χ1v) is 7.65. The molecule has 0 amide bonds. The van der Waals surface area contributed by atoms with Crippen molar-refractivity contribution in [1.29, 1.82) is 0 Å². The molecule has 0 radical (unpaired) electrons. The molecule has 0 bridgehead atoms. The Morgan fingerprint density at radius 3 is 2.69 bits per heavy atom. The van der Waals surface area contributed by atoms with E-state index in [-0.39, 0.29) is 12.4 Å². The van der Waals surface area contributed by atoms with Gasteiger partial charge in [-0.2, -0.15) is 9.97 Å². The van der Waals surface area contributed by atoms with Crippen LogP contribution in [-0.4, -0.2) is 26.6 Å². The van der Waals surface area contributed by atoms with Crippen molar-refractivity contribution < 1.29 is 9.15 Å². The van der Waals surface area contributed by atoms with Crippen LogP contribution in [0.4, 0.5) is 17.5 Å². The topological polar surface area (TPSA) is 104 Å². The summed E-state index contributed by atoms with van der Waals surface area (Å²) in [6, 6.07) is 11.2. The lowest BCUT2D eigenvalue weighted by atomic mass is 10.3. The summed E-state index contributed by atoms with van der Waals surface area (Å²) >= 11 is 0. The predicted molar refractivity (Wildman–Crippen MR) is 101 cm³/mol. The summed E-state index contributed by atoms with van der Waals surface area (Å²) in [7, 11) is 1.62. The zero-order valence-electron chi connectivity index (χ0n) is 13.9. The van der Waals surface area contributed by atoms with E-state index in [0.717, 1.165) is 17.2 Å². The number of nitrogens with zero attached hydrogens (tertiary/aromatic N) is 4. The van der Waals surface area contributed by atoms with Crippen molar-refractivity contribution in [3.05, 3.63) is 54.7 Å². The Labute approximate surface area is 155 Å². The number of halogens is 1. The maximum absolute atomic E-state index is 6.13. The number of methoxy groups -OCH3 is 1. The number of hydrogen-bond acceptors (Lipinski definition) is 7. The van der Waals surface area contributed by atoms with Gasteiger partial charge in [-0.05, 0) is 36.4 Å². The monoisotopic (exact) mass is 372 g/mol. The second-order valence-corrected chi connectivity index (χ2v) is 5.41. The number of rotatable bonds is 5. The number of nitrogen functional groups attached to an aromatic ring is 1. The molecule has 8 nitrogen and oxygen atoms in total. The fourth-order valence-electron chi connectivity index (χ4n) is 2.56. The van der Waals surface area contributed by atoms with Crippen LogP contribution in [0.1, 0.15) is 5.76 Å². The number of nitrogens with two attached hydrogens (primary N) is 1. The van der Waals surface area contributed by atoms with Gasteiger partial charge in [0.25, 0.3) is 0 Å². The van der Waals surface area contributed by atoms with E-state index in [2.05, 4.69) is 20.3 Å². The molecule has 4 aromatic rings. The van der Waals surface area contributed by atoms with Crippen molar-refractivity contribution in [1.82, 2.24) is 19.5 Å². The van der Waals surface area contributed by atoms with Gasteiger partial charge in [0.2, 0.25) is 5.95 Å². The molecule has 3 heterocycles. The molecule has 0 saturated heterocycles. The van der Waals surface area contributed by atoms with Gasteiger partial charge < -0.3 is 24.8 Å². The zero-order chi connectivity index (χ0) is 17.2. The van der Waals surface area contributed by atoms with Gasteiger partial charge in [0, 0.05) is 5.69 Å². The lowest BCUT2D eigenvalue weighted by Gasteiger charge is -2.08. The van der Waals surface area contributed by atoms with E-state index in [9.17, 15) is 0 Å². The fourth-order valence-corrected chi connectivity index (χ4v) is 2.56. The van der Waals surface area contributed by atoms with Crippen LogP contribution >= 0.6 is 12.4 Å². The number of hydrogen-bond donors (Lipinski definition) is 2. The first-order valence-electron chi connectivity index (χ1n) is 7.65. The van der Waals surface area contributed by atoms with Gasteiger partial charge in [-0.3, -0.25) is 0 Å². The number of ether oxygens (including phenoxy) is 1. The molecule has 0 atom stereocenters. The highest BCUT2D eigenvalue weighted by molar-refractivity contribution is 5.85. The molecule has 0 saturated carbocycles. The number of anilines is 3. The maximum atomic E-state index is 6.13. The van der Waals surface area contributed by atoms with E-state index >= 15 is 0 Å². The standard InChI is InChI=1S/C17H16N6O2.ClH/c1-24-12-6-4-11(5-7-12)20-17-21-15(18)14-16(22-17)19-10-23(14)9-13-3-2-8-25-13;/h2-8,10H,9H2,1H3,(H3,18,20,21,22);1H. The summed E-state index contributed by atoms with van der Waals surface area (Å²) in [5.41, 5.74) is 8.16. The van der Waals surface area contributed by atoms with Crippen molar-refractivity contribution in [2.45, 2.75) is 6.54 Å². The molecule has 4 rings (SSSR count). The number of benzene rings is 1. The van der Waals surface area contributed by atoms with Crippen LogP contribution in [0.15, 0.2) is 53.4 Å². The van der Waals surface area contributed by atoms with Crippen LogP contribution in [-0.2, 0) is 6.54 Å². The summed E-state index contributed by atoms with van der Waals surface area (Å²) in [5.74, 6) is 2.32. The van der Waals surface area contributed by atoms with Crippen LogP contribution in [0, 0.1) is 0 Å². The Balaban J connectivity index is 0.00000196. The van der Waals surface area contributed by atoms with E-state index in [1.54, 1.807) is 19.7 Å². The minimum atomic E-state index is 0. The molecule has 0 aliphatic rings. The molecular formula is C17H17ClN6O2. The third-order valence-corrected chi connectivity index (χ3v) is 3.75. The Hall–Kier alpha value is -3.26. The summed E-state index contributed by atoms with van der Waals surface area (Å²) in [6.07, 6.45) is 3.31. The molecule has 3 aromatic heterocycles.